The minimum absolute atomic E-state index is 0.108. The van der Waals surface area contributed by atoms with Gasteiger partial charge in [0.15, 0.2) is 10.0 Å². The number of anilines is 7. The summed E-state index contributed by atoms with van der Waals surface area (Å²) in [4.78, 5) is 20.0. The molecule has 0 bridgehead atoms. The molecule has 0 fully saturated rings. The maximum absolute atomic E-state index is 11.9. The van der Waals surface area contributed by atoms with Crippen molar-refractivity contribution in [3.63, 3.8) is 0 Å². The number of fused-ring (bicyclic) bond motifs is 2. The summed E-state index contributed by atoms with van der Waals surface area (Å²) < 4.78 is 42.4. The molecule has 63 heavy (non-hydrogen) atoms. The predicted octanol–water partition coefficient (Wildman–Crippen LogP) is 9.14. The van der Waals surface area contributed by atoms with Crippen molar-refractivity contribution in [1.82, 2.24) is 23.7 Å². The number of nitrogens with zero attached hydrogens (tertiary/aromatic N) is 12. The lowest BCUT2D eigenvalue weighted by Gasteiger charge is -2.24. The van der Waals surface area contributed by atoms with Gasteiger partial charge in [0, 0.05) is 61.4 Å². The van der Waals surface area contributed by atoms with E-state index >= 15 is 0 Å². The van der Waals surface area contributed by atoms with Crippen LogP contribution in [0.2, 0.25) is 0 Å². The molecule has 0 radical (unpaired) electrons. The van der Waals surface area contributed by atoms with E-state index in [9.17, 15) is 23.2 Å². The van der Waals surface area contributed by atoms with Gasteiger partial charge in [0.25, 0.3) is 10.1 Å². The molecule has 5 N–H and O–H groups in total. The Morgan fingerprint density at radius 1 is 0.603 bits per heavy atom. The lowest BCUT2D eigenvalue weighted by atomic mass is 10.2. The Hall–Kier alpha value is -6.30. The largest absolute Gasteiger partial charge is 0.395 e. The van der Waals surface area contributed by atoms with Crippen LogP contribution in [-0.2, 0) is 10.1 Å². The van der Waals surface area contributed by atoms with E-state index in [-0.39, 0.29) is 49.0 Å². The van der Waals surface area contributed by atoms with Crippen LogP contribution in [0.15, 0.2) is 104 Å². The van der Waals surface area contributed by atoms with Gasteiger partial charge in [0.2, 0.25) is 17.8 Å². The minimum Gasteiger partial charge on any atom is -0.395 e. The summed E-state index contributed by atoms with van der Waals surface area (Å²) in [6.45, 7) is 11.0. The number of azo groups is 2. The predicted molar refractivity (Wildman–Crippen MR) is 250 cm³/mol. The zero-order chi connectivity index (χ0) is 44.5. The highest BCUT2D eigenvalue weighted by Crippen LogP contribution is 2.39. The summed E-state index contributed by atoms with van der Waals surface area (Å²) in [5.74, 6) is 0.413. The van der Waals surface area contributed by atoms with Crippen molar-refractivity contribution in [2.75, 3.05) is 77.8 Å². The van der Waals surface area contributed by atoms with Gasteiger partial charge in [0.1, 0.15) is 11.4 Å². The van der Waals surface area contributed by atoms with Crippen LogP contribution >= 0.6 is 23.1 Å². The normalized spacial score (nSPS) is 11.9. The number of nitrogens with one attached hydrogen (secondary N) is 2. The Morgan fingerprint density at radius 3 is 1.62 bits per heavy atom. The zero-order valence-corrected chi connectivity index (χ0v) is 37.4. The molecule has 0 aliphatic carbocycles. The van der Waals surface area contributed by atoms with Crippen LogP contribution in [-0.4, -0.2) is 99.4 Å². The first kappa shape index (κ1) is 44.7. The van der Waals surface area contributed by atoms with E-state index in [2.05, 4.69) is 77.3 Å². The fourth-order valence-corrected chi connectivity index (χ4v) is 8.57. The number of hydrogen-bond donors (Lipinski definition) is 5. The second-order valence-electron chi connectivity index (χ2n) is 13.8. The third kappa shape index (κ3) is 10.5. The van der Waals surface area contributed by atoms with Gasteiger partial charge in [-0.1, -0.05) is 12.1 Å². The lowest BCUT2D eigenvalue weighted by molar-refractivity contribution is 0.280. The summed E-state index contributed by atoms with van der Waals surface area (Å²) >= 11 is 2.29. The fourth-order valence-electron chi connectivity index (χ4n) is 6.69. The molecule has 7 rings (SSSR count). The molecule has 3 heterocycles. The highest BCUT2D eigenvalue weighted by atomic mass is 32.2. The average molecular weight is 911 g/mol. The van der Waals surface area contributed by atoms with Crippen LogP contribution in [0, 0.1) is 0 Å². The van der Waals surface area contributed by atoms with Crippen molar-refractivity contribution < 1.29 is 23.2 Å². The summed E-state index contributed by atoms with van der Waals surface area (Å²) in [7, 11) is -4.47. The molecule has 0 aliphatic heterocycles. The monoisotopic (exact) mass is 910 g/mol. The molecule has 0 amide bonds. The number of rotatable bonds is 20. The topological polar surface area (TPSA) is 242 Å². The molecule has 328 valence electrons. The summed E-state index contributed by atoms with van der Waals surface area (Å²) in [5, 5.41) is 47.3. The Morgan fingerprint density at radius 2 is 1.11 bits per heavy atom. The van der Waals surface area contributed by atoms with Crippen LogP contribution in [0.4, 0.5) is 62.0 Å². The number of hydrogen-bond acceptors (Lipinski definition) is 20. The molecule has 19 nitrogen and oxygen atoms in total. The van der Waals surface area contributed by atoms with Gasteiger partial charge in [-0.3, -0.25) is 4.55 Å². The average Bonchev–Trinajstić information content (AvgIpc) is 3.90. The van der Waals surface area contributed by atoms with Crippen LogP contribution in [0.25, 0.3) is 21.8 Å². The van der Waals surface area contributed by atoms with Crippen molar-refractivity contribution in [3.05, 3.63) is 78.9 Å². The smallest absolute Gasteiger partial charge is 0.294 e. The molecule has 0 atom stereocenters. The van der Waals surface area contributed by atoms with Gasteiger partial charge in [-0.2, -0.15) is 32.1 Å². The van der Waals surface area contributed by atoms with E-state index < -0.39 is 10.1 Å². The maximum atomic E-state index is 11.9. The van der Waals surface area contributed by atoms with Crippen LogP contribution in [0.1, 0.15) is 27.7 Å². The van der Waals surface area contributed by atoms with Crippen molar-refractivity contribution in [2.45, 2.75) is 32.6 Å². The third-order valence-electron chi connectivity index (χ3n) is 9.95. The fraction of sp³-hybridized carbons (Fsp3) is 0.293. The van der Waals surface area contributed by atoms with Gasteiger partial charge < -0.3 is 35.5 Å². The van der Waals surface area contributed by atoms with E-state index in [1.807, 2.05) is 54.6 Å². The van der Waals surface area contributed by atoms with Gasteiger partial charge in [-0.05, 0) is 117 Å². The number of aliphatic hydroxyl groups is 2. The van der Waals surface area contributed by atoms with Crippen LogP contribution in [0.3, 0.4) is 0 Å². The second-order valence-corrected chi connectivity index (χ2v) is 16.7. The molecule has 0 unspecified atom stereocenters. The Labute approximate surface area is 372 Å². The molecule has 0 saturated carbocycles. The SMILES string of the molecule is CCN(CC)c1ccc(/N=N/c2snc3ccccc23)c(Nc2nc(Nc3cc(N(CC)CC)ccc3/N=N/c3snc4ccc(S(=O)(=O)O)cc34)nc(N(CCO)CCO)n2)c1. The van der Waals surface area contributed by atoms with E-state index in [0.29, 0.717) is 43.7 Å². The first-order valence-electron chi connectivity index (χ1n) is 20.1. The van der Waals surface area contributed by atoms with E-state index in [0.717, 1.165) is 60.0 Å². The van der Waals surface area contributed by atoms with Crippen molar-refractivity contribution in [1.29, 1.82) is 0 Å². The highest BCUT2D eigenvalue weighted by molar-refractivity contribution is 7.85. The van der Waals surface area contributed by atoms with E-state index in [1.165, 1.54) is 29.7 Å². The molecule has 22 heteroatoms. The summed E-state index contributed by atoms with van der Waals surface area (Å²) in [5.41, 5.74) is 5.08. The quantitative estimate of drug-likeness (QED) is 0.0354. The molecule has 0 aliphatic rings. The first-order valence-corrected chi connectivity index (χ1v) is 23.1. The Bertz CT molecular complexity index is 2860. The van der Waals surface area contributed by atoms with E-state index in [4.69, 9.17) is 15.0 Å². The second kappa shape index (κ2) is 20.3. The standard InChI is InChI=1S/C41H46N14O5S3/c1-5-53(6-2)26-13-16-33(47-49-37-29-11-9-10-12-31(29)51-61-37)35(23-26)42-39-44-40(46-41(45-39)55(19-21-56)20-22-57)43-36-24-27(54(7-3)8-4)14-17-34(36)48-50-38-30-25-28(63(58,59)60)15-18-32(30)52-62-38/h9-18,23-25,56-57H,5-8,19-22H2,1-4H3,(H,58,59,60)(H2,42,43,44,45,46)/b49-47+,50-48+. The van der Waals surface area contributed by atoms with Gasteiger partial charge >= 0.3 is 0 Å². The van der Waals surface area contributed by atoms with Gasteiger partial charge in [-0.15, -0.1) is 20.5 Å². The van der Waals surface area contributed by atoms with Gasteiger partial charge in [-0.25, -0.2) is 0 Å². The molecule has 3 aromatic heterocycles. The van der Waals surface area contributed by atoms with Gasteiger partial charge in [0.05, 0.1) is 40.5 Å². The highest BCUT2D eigenvalue weighted by Gasteiger charge is 2.19. The molecule has 4 aromatic carbocycles. The number of benzene rings is 4. The lowest BCUT2D eigenvalue weighted by Crippen LogP contribution is -2.31. The molecular formula is C41H46N14O5S3. The minimum atomic E-state index is -4.47. The number of aliphatic hydroxyl groups excluding tert-OH is 2. The molecule has 7 aromatic rings. The maximum Gasteiger partial charge on any atom is 0.294 e. The molecular weight excluding hydrogens is 865 g/mol. The van der Waals surface area contributed by atoms with E-state index in [1.54, 1.807) is 11.0 Å². The summed E-state index contributed by atoms with van der Waals surface area (Å²) in [6, 6.07) is 23.2. The molecule has 0 spiro atoms. The Balaban J connectivity index is 1.31. The van der Waals surface area contributed by atoms with Crippen LogP contribution in [0.5, 0.6) is 0 Å². The Kier molecular flexibility index (Phi) is 14.4. The van der Waals surface area contributed by atoms with Crippen molar-refractivity contribution in [3.8, 4) is 0 Å². The summed E-state index contributed by atoms with van der Waals surface area (Å²) in [6.07, 6.45) is 0. The first-order chi connectivity index (χ1) is 30.5. The van der Waals surface area contributed by atoms with Crippen molar-refractivity contribution in [2.24, 2.45) is 20.5 Å². The molecule has 0 saturated heterocycles. The third-order valence-corrected chi connectivity index (χ3v) is 12.3. The number of aromatic nitrogens is 5. The van der Waals surface area contributed by atoms with Crippen LogP contribution < -0.4 is 25.3 Å². The van der Waals surface area contributed by atoms with Crippen molar-refractivity contribution >= 4 is 117 Å². The zero-order valence-electron chi connectivity index (χ0n) is 34.9.